The van der Waals surface area contributed by atoms with Crippen LogP contribution in [0.3, 0.4) is 0 Å². The van der Waals surface area contributed by atoms with Crippen LogP contribution in [0, 0.1) is 0 Å². The van der Waals surface area contributed by atoms with Gasteiger partial charge in [-0.05, 0) is 0 Å². The summed E-state index contributed by atoms with van der Waals surface area (Å²) in [6.45, 7) is 42.3. The molecule has 3 aromatic carbocycles. The summed E-state index contributed by atoms with van der Waals surface area (Å²) in [6, 6.07) is 18.3. The Morgan fingerprint density at radius 1 is 0.378 bits per heavy atom. The summed E-state index contributed by atoms with van der Waals surface area (Å²) in [4.78, 5) is 0. The molecule has 1 aliphatic heterocycles. The molecule has 1 aliphatic rings. The molecule has 2 nitrogen and oxygen atoms in total. The first-order valence-electron chi connectivity index (χ1n) is 17.0. The topological polar surface area (TPSA) is 18.5 Å². The van der Waals surface area contributed by atoms with Crippen molar-refractivity contribution in [3.05, 3.63) is 81.9 Å². The van der Waals surface area contributed by atoms with Crippen molar-refractivity contribution in [2.24, 2.45) is 0 Å². The fourth-order valence-corrected chi connectivity index (χ4v) is 16.7. The first-order valence-corrected chi connectivity index (χ1v) is 20.8. The first kappa shape index (κ1) is 35.7. The van der Waals surface area contributed by atoms with Gasteiger partial charge in [0.25, 0.3) is 0 Å². The van der Waals surface area contributed by atoms with Crippen molar-refractivity contribution in [1.29, 1.82) is 0 Å². The molecule has 3 aromatic rings. The average molecular weight is 672 g/mol. The number of rotatable bonds is 2. The van der Waals surface area contributed by atoms with Crippen LogP contribution in [0.4, 0.5) is 0 Å². The average Bonchev–Trinajstić information content (AvgIpc) is 3.24. The van der Waals surface area contributed by atoms with Gasteiger partial charge in [-0.2, -0.15) is 0 Å². The molecular weight excluding hydrogens is 609 g/mol. The van der Waals surface area contributed by atoms with E-state index in [4.69, 9.17) is 7.53 Å². The molecule has 4 rings (SSSR count). The summed E-state index contributed by atoms with van der Waals surface area (Å²) in [7, 11) is 0. The van der Waals surface area contributed by atoms with Gasteiger partial charge in [-0.3, -0.25) is 0 Å². The Bertz CT molecular complexity index is 1390. The van der Waals surface area contributed by atoms with E-state index in [-0.39, 0.29) is 32.5 Å². The molecule has 0 fully saturated rings. The second kappa shape index (κ2) is 10.9. The van der Waals surface area contributed by atoms with Gasteiger partial charge in [0, 0.05) is 0 Å². The number of para-hydroxylation sites is 2. The van der Waals surface area contributed by atoms with E-state index < -0.39 is 13.9 Å². The van der Waals surface area contributed by atoms with Crippen molar-refractivity contribution in [2.45, 2.75) is 157 Å². The third-order valence-corrected chi connectivity index (χ3v) is 16.4. The van der Waals surface area contributed by atoms with Gasteiger partial charge in [0.15, 0.2) is 0 Å². The molecule has 45 heavy (non-hydrogen) atoms. The molecule has 1 heterocycles. The van der Waals surface area contributed by atoms with Crippen molar-refractivity contribution in [2.75, 3.05) is 0 Å². The number of fused-ring (bicyclic) bond motifs is 1. The Morgan fingerprint density at radius 3 is 0.822 bits per heavy atom. The molecule has 0 atom stereocenters. The van der Waals surface area contributed by atoms with Gasteiger partial charge in [-0.25, -0.2) is 0 Å². The maximum atomic E-state index is 7.63. The zero-order valence-electron chi connectivity index (χ0n) is 31.9. The Kier molecular flexibility index (Phi) is 8.66. The van der Waals surface area contributed by atoms with Crippen molar-refractivity contribution in [3.63, 3.8) is 0 Å². The zero-order valence-corrected chi connectivity index (χ0v) is 34.0. The summed E-state index contributed by atoms with van der Waals surface area (Å²) in [5.41, 5.74) is 7.61. The minimum absolute atomic E-state index is 0.000539. The zero-order chi connectivity index (χ0) is 34.3. The molecule has 0 amide bonds. The third-order valence-electron chi connectivity index (χ3n) is 9.26. The van der Waals surface area contributed by atoms with E-state index in [1.807, 2.05) is 0 Å². The van der Waals surface area contributed by atoms with Crippen LogP contribution in [0.5, 0.6) is 11.5 Å². The van der Waals surface area contributed by atoms with E-state index >= 15 is 0 Å². The predicted molar refractivity (Wildman–Crippen MR) is 198 cm³/mol. The van der Waals surface area contributed by atoms with E-state index in [1.165, 1.54) is 42.2 Å². The molecule has 246 valence electrons. The van der Waals surface area contributed by atoms with Crippen LogP contribution in [-0.2, 0) is 32.5 Å². The molecule has 0 bridgehead atoms. The quantitative estimate of drug-likeness (QED) is 0.253. The Labute approximate surface area is 279 Å². The van der Waals surface area contributed by atoms with Crippen LogP contribution in [0.2, 0.25) is 0 Å². The summed E-state index contributed by atoms with van der Waals surface area (Å²) in [5, 5.41) is 0. The SMILES string of the molecule is CC(C)(C)c1cc(C(C)(C)C)[c]([Ge]2([c]3c(C(C)(C)C)cc(C(C)(C)C)cc3C(C)(C)C)[O]c3ccccc3[O]2)c(C(C)(C)C)c1. The fourth-order valence-electron chi connectivity index (χ4n) is 6.50. The number of benzene rings is 3. The normalized spacial score (nSPS) is 15.9. The molecular formula is C42H62GeO2. The van der Waals surface area contributed by atoms with E-state index in [9.17, 15) is 0 Å². The second-order valence-electron chi connectivity index (χ2n) is 19.7. The Hall–Kier alpha value is -2.20. The van der Waals surface area contributed by atoms with Crippen LogP contribution in [-0.4, -0.2) is 13.9 Å². The molecule has 0 N–H and O–H groups in total. The van der Waals surface area contributed by atoms with Crippen LogP contribution < -0.4 is 16.3 Å². The van der Waals surface area contributed by atoms with Gasteiger partial charge in [0.1, 0.15) is 0 Å². The van der Waals surface area contributed by atoms with E-state index in [0.29, 0.717) is 0 Å². The molecule has 0 saturated carbocycles. The van der Waals surface area contributed by atoms with E-state index in [1.54, 1.807) is 0 Å². The summed E-state index contributed by atoms with van der Waals surface area (Å²) < 4.78 is 17.9. The predicted octanol–water partition coefficient (Wildman–Crippen LogP) is 10.5. The Balaban J connectivity index is 2.38. The number of hydrogen-bond donors (Lipinski definition) is 0. The van der Waals surface area contributed by atoms with Crippen molar-refractivity contribution < 1.29 is 7.53 Å². The van der Waals surface area contributed by atoms with Gasteiger partial charge < -0.3 is 0 Å². The van der Waals surface area contributed by atoms with Crippen LogP contribution in [0.25, 0.3) is 0 Å². The van der Waals surface area contributed by atoms with Gasteiger partial charge in [-0.15, -0.1) is 0 Å². The molecule has 0 aliphatic carbocycles. The van der Waals surface area contributed by atoms with Crippen molar-refractivity contribution in [3.8, 4) is 11.5 Å². The standard InChI is InChI=1S/C42H62GeO2/c1-37(2,3)27-23-29(39(7,8)9)35(30(24-27)40(10,11)12)43(44-33-21-19-20-22-34(33)45-43)36-31(41(13,14)15)25-28(38(4,5)6)26-32(36)42(16,17)18/h19-26H,1-18H3. The Morgan fingerprint density at radius 2 is 0.622 bits per heavy atom. The molecule has 0 unspecified atom stereocenters. The fraction of sp³-hybridized carbons (Fsp3) is 0.571. The summed E-state index contributed by atoms with van der Waals surface area (Å²) >= 11 is -4.27. The molecule has 0 aromatic heterocycles. The first-order chi connectivity index (χ1) is 20.1. The minimum atomic E-state index is -4.27. The molecule has 3 heteroatoms. The van der Waals surface area contributed by atoms with Crippen molar-refractivity contribution in [1.82, 2.24) is 0 Å². The van der Waals surface area contributed by atoms with Crippen LogP contribution in [0.15, 0.2) is 48.5 Å². The molecule has 0 saturated heterocycles. The van der Waals surface area contributed by atoms with Crippen molar-refractivity contribution >= 4 is 22.7 Å². The second-order valence-corrected chi connectivity index (χ2v) is 25.2. The van der Waals surface area contributed by atoms with Gasteiger partial charge >= 0.3 is 281 Å². The van der Waals surface area contributed by atoms with Crippen LogP contribution >= 0.6 is 0 Å². The summed E-state index contributed by atoms with van der Waals surface area (Å²) in [6.07, 6.45) is 0. The number of hydrogen-bond acceptors (Lipinski definition) is 2. The van der Waals surface area contributed by atoms with Crippen LogP contribution in [0.1, 0.15) is 158 Å². The van der Waals surface area contributed by atoms with Gasteiger partial charge in [0.2, 0.25) is 0 Å². The summed E-state index contributed by atoms with van der Waals surface area (Å²) in [5.74, 6) is 1.74. The monoisotopic (exact) mass is 672 g/mol. The third kappa shape index (κ3) is 6.78. The molecule has 0 radical (unpaired) electrons. The molecule has 0 spiro atoms. The van der Waals surface area contributed by atoms with E-state index in [0.717, 1.165) is 11.5 Å². The van der Waals surface area contributed by atoms with Gasteiger partial charge in [0.05, 0.1) is 0 Å². The van der Waals surface area contributed by atoms with Gasteiger partial charge in [-0.1, -0.05) is 0 Å². The van der Waals surface area contributed by atoms with E-state index in [2.05, 4.69) is 173 Å². The maximum absolute atomic E-state index is 7.63.